The van der Waals surface area contributed by atoms with Gasteiger partial charge in [0.25, 0.3) is 0 Å². The molecule has 1 atom stereocenters. The van der Waals surface area contributed by atoms with Crippen molar-refractivity contribution in [3.8, 4) is 0 Å². The van der Waals surface area contributed by atoms with Gasteiger partial charge in [0.1, 0.15) is 5.54 Å². The van der Waals surface area contributed by atoms with Crippen LogP contribution in [0.5, 0.6) is 0 Å². The van der Waals surface area contributed by atoms with Gasteiger partial charge in [0.2, 0.25) is 5.91 Å². The van der Waals surface area contributed by atoms with Crippen LogP contribution in [0.25, 0.3) is 0 Å². The molecule has 0 fully saturated rings. The van der Waals surface area contributed by atoms with Crippen LogP contribution in [0.4, 0.5) is 0 Å². The van der Waals surface area contributed by atoms with Crippen molar-refractivity contribution in [1.29, 1.82) is 0 Å². The van der Waals surface area contributed by atoms with E-state index in [1.54, 1.807) is 4.90 Å². The molecule has 2 N–H and O–H groups in total. The van der Waals surface area contributed by atoms with Gasteiger partial charge in [-0.3, -0.25) is 9.59 Å². The Labute approximate surface area is 371 Å². The number of halogens is 1. The van der Waals surface area contributed by atoms with E-state index in [-0.39, 0.29) is 35.7 Å². The number of unbranched alkanes of at least 4 members (excludes halogenated alkanes) is 32. The van der Waals surface area contributed by atoms with Gasteiger partial charge in [-0.15, -0.1) is 0 Å². The van der Waals surface area contributed by atoms with Gasteiger partial charge in [-0.2, -0.15) is 0 Å². The molecular formula is C50H99BrN2O5. The molecule has 7 nitrogen and oxygen atoms in total. The van der Waals surface area contributed by atoms with Crippen molar-refractivity contribution in [2.75, 3.05) is 34.2 Å². The van der Waals surface area contributed by atoms with Gasteiger partial charge in [0.15, 0.2) is 0 Å². The summed E-state index contributed by atoms with van der Waals surface area (Å²) >= 11 is 0. The van der Waals surface area contributed by atoms with Crippen LogP contribution in [0.1, 0.15) is 264 Å². The summed E-state index contributed by atoms with van der Waals surface area (Å²) in [4.78, 5) is 40.8. The van der Waals surface area contributed by atoms with E-state index in [1.807, 2.05) is 0 Å². The number of nitrogens with zero attached hydrogens (tertiary/aromatic N) is 2. The molecule has 0 unspecified atom stereocenters. The second kappa shape index (κ2) is 41.2. The van der Waals surface area contributed by atoms with Crippen LogP contribution in [0, 0.1) is 0 Å². The van der Waals surface area contributed by atoms with E-state index in [2.05, 4.69) is 35.0 Å². The highest BCUT2D eigenvalue weighted by Gasteiger charge is 2.45. The number of carbonyl (C=O) groups excluding carboxylic acids is 1. The molecule has 0 radical (unpaired) electrons. The van der Waals surface area contributed by atoms with E-state index < -0.39 is 17.5 Å². The predicted molar refractivity (Wildman–Crippen MR) is 244 cm³/mol. The molecule has 8 heteroatoms. The first kappa shape index (κ1) is 58.9. The summed E-state index contributed by atoms with van der Waals surface area (Å²) < 4.78 is 1.00. The highest BCUT2D eigenvalue weighted by molar-refractivity contribution is 5.87. The fourth-order valence-electron chi connectivity index (χ4n) is 8.57. The van der Waals surface area contributed by atoms with Crippen LogP contribution < -0.4 is 17.0 Å². The quantitative estimate of drug-likeness (QED) is 0.0469. The molecule has 0 saturated heterocycles. The van der Waals surface area contributed by atoms with Crippen LogP contribution in [0.3, 0.4) is 0 Å². The maximum absolute atomic E-state index is 14.0. The minimum Gasteiger partial charge on any atom is -1.00 e. The Hall–Kier alpha value is -1.15. The van der Waals surface area contributed by atoms with Crippen molar-refractivity contribution in [3.05, 3.63) is 0 Å². The number of carboxylic acid groups (broad SMARTS) is 2. The number of hydrogen-bond donors (Lipinski definition) is 2. The highest BCUT2D eigenvalue weighted by atomic mass is 79.9. The van der Waals surface area contributed by atoms with Crippen LogP contribution in [-0.4, -0.2) is 77.2 Å². The number of quaternary nitrogens is 1. The number of aliphatic carboxylic acids is 2. The van der Waals surface area contributed by atoms with Crippen LogP contribution >= 0.6 is 0 Å². The summed E-state index contributed by atoms with van der Waals surface area (Å²) in [5.74, 6) is -2.11. The topological polar surface area (TPSA) is 94.9 Å². The zero-order chi connectivity index (χ0) is 42.3. The first-order valence-corrected chi connectivity index (χ1v) is 25.1. The summed E-state index contributed by atoms with van der Waals surface area (Å²) in [6.07, 6.45) is 42.6. The van der Waals surface area contributed by atoms with E-state index in [4.69, 9.17) is 0 Å². The Morgan fingerprint density at radius 2 is 0.759 bits per heavy atom. The molecule has 0 rings (SSSR count). The van der Waals surface area contributed by atoms with Crippen molar-refractivity contribution in [2.45, 2.75) is 270 Å². The van der Waals surface area contributed by atoms with Crippen molar-refractivity contribution in [3.63, 3.8) is 0 Å². The average Bonchev–Trinajstić information content (AvgIpc) is 3.16. The summed E-state index contributed by atoms with van der Waals surface area (Å²) in [5, 5.41) is 20.6. The van der Waals surface area contributed by atoms with Crippen LogP contribution in [-0.2, 0) is 14.4 Å². The fraction of sp³-hybridized carbons (Fsp3) is 0.940. The molecule has 58 heavy (non-hydrogen) atoms. The smallest absolute Gasteiger partial charge is 0.329 e. The minimum atomic E-state index is -1.45. The first-order chi connectivity index (χ1) is 27.5. The second-order valence-corrected chi connectivity index (χ2v) is 19.0. The second-order valence-electron chi connectivity index (χ2n) is 19.0. The molecule has 0 saturated carbocycles. The maximum Gasteiger partial charge on any atom is 0.329 e. The molecule has 0 aromatic rings. The summed E-state index contributed by atoms with van der Waals surface area (Å²) in [6, 6.07) is 0. The maximum atomic E-state index is 14.0. The van der Waals surface area contributed by atoms with Crippen LogP contribution in [0.15, 0.2) is 0 Å². The number of hydrogen-bond acceptors (Lipinski definition) is 3. The lowest BCUT2D eigenvalue weighted by atomic mass is 9.84. The summed E-state index contributed by atoms with van der Waals surface area (Å²) in [7, 11) is 6.71. The van der Waals surface area contributed by atoms with Crippen molar-refractivity contribution in [1.82, 2.24) is 4.90 Å². The van der Waals surface area contributed by atoms with Crippen LogP contribution in [0.2, 0.25) is 0 Å². The normalized spacial score (nSPS) is 12.6. The van der Waals surface area contributed by atoms with E-state index in [0.29, 0.717) is 25.8 Å². The SMILES string of the molecule is CCCCCCCCCCCCCCCCN(C(=O)CCCCCCCCC[N+](C)(C)C)[C@@](CCCCCCCCCCCCCCCC)(CCC(=O)O)C(=O)O.[Br-]. The lowest BCUT2D eigenvalue weighted by Crippen LogP contribution is -3.00. The lowest BCUT2D eigenvalue weighted by Gasteiger charge is -2.41. The van der Waals surface area contributed by atoms with Crippen molar-refractivity contribution >= 4 is 17.8 Å². The van der Waals surface area contributed by atoms with Crippen molar-refractivity contribution in [2.24, 2.45) is 0 Å². The van der Waals surface area contributed by atoms with Gasteiger partial charge < -0.3 is 36.6 Å². The standard InChI is InChI=1S/C50H98N2O5.BrH/c1-6-8-10-12-14-16-18-20-22-24-26-30-34-38-43-50(49(56)57,44-42-48(54)55)51(47(53)41-37-33-29-28-32-36-40-46-52(3,4)5)45-39-35-31-27-25-23-21-19-17-15-13-11-9-7-2;/h6-46H2,1-5H3,(H-,54,55,56,57);1H/t50-;/m0./s1. The van der Waals surface area contributed by atoms with E-state index in [9.17, 15) is 24.6 Å². The third kappa shape index (κ3) is 35.6. The summed E-state index contributed by atoms with van der Waals surface area (Å²) in [6.45, 7) is 6.13. The van der Waals surface area contributed by atoms with E-state index in [1.165, 1.54) is 167 Å². The number of carbonyl (C=O) groups is 3. The van der Waals surface area contributed by atoms with Gasteiger partial charge >= 0.3 is 11.9 Å². The average molecular weight is 888 g/mol. The Morgan fingerprint density at radius 1 is 0.431 bits per heavy atom. The molecular weight excluding hydrogens is 788 g/mol. The highest BCUT2D eigenvalue weighted by Crippen LogP contribution is 2.32. The zero-order valence-electron chi connectivity index (χ0n) is 39.4. The number of amides is 1. The molecule has 0 aromatic carbocycles. The largest absolute Gasteiger partial charge is 1.00 e. The molecule has 0 aliphatic heterocycles. The third-order valence-electron chi connectivity index (χ3n) is 12.4. The molecule has 0 aliphatic carbocycles. The molecule has 1 amide bonds. The monoisotopic (exact) mass is 887 g/mol. The van der Waals surface area contributed by atoms with E-state index in [0.717, 1.165) is 62.3 Å². The Bertz CT molecular complexity index is 941. The Morgan fingerprint density at radius 3 is 1.10 bits per heavy atom. The minimum absolute atomic E-state index is 0. The van der Waals surface area contributed by atoms with Gasteiger partial charge in [-0.1, -0.05) is 213 Å². The molecule has 0 spiro atoms. The Kier molecular flexibility index (Phi) is 41.9. The first-order valence-electron chi connectivity index (χ1n) is 25.1. The fourth-order valence-corrected chi connectivity index (χ4v) is 8.57. The van der Waals surface area contributed by atoms with Gasteiger partial charge in [-0.25, -0.2) is 4.79 Å². The summed E-state index contributed by atoms with van der Waals surface area (Å²) in [5.41, 5.74) is -1.45. The van der Waals surface area contributed by atoms with Gasteiger partial charge in [0, 0.05) is 19.4 Å². The molecule has 0 bridgehead atoms. The third-order valence-corrected chi connectivity index (χ3v) is 12.4. The molecule has 0 heterocycles. The zero-order valence-corrected chi connectivity index (χ0v) is 41.0. The molecule has 346 valence electrons. The molecule has 0 aliphatic rings. The predicted octanol–water partition coefficient (Wildman–Crippen LogP) is 11.7. The van der Waals surface area contributed by atoms with Gasteiger partial charge in [0.05, 0.1) is 27.7 Å². The Balaban J connectivity index is 0. The lowest BCUT2D eigenvalue weighted by molar-refractivity contribution is -0.870. The molecule has 0 aromatic heterocycles. The number of carboxylic acids is 2. The van der Waals surface area contributed by atoms with Gasteiger partial charge in [-0.05, 0) is 38.5 Å². The van der Waals surface area contributed by atoms with Crippen molar-refractivity contribution < 1.29 is 46.1 Å². The van der Waals surface area contributed by atoms with E-state index >= 15 is 0 Å². The number of rotatable bonds is 45.